The Labute approximate surface area is 147 Å². The van der Waals surface area contributed by atoms with Gasteiger partial charge in [0.25, 0.3) is 0 Å². The zero-order valence-electron chi connectivity index (χ0n) is 11.8. The fourth-order valence-corrected chi connectivity index (χ4v) is 2.29. The van der Waals surface area contributed by atoms with Gasteiger partial charge in [0, 0.05) is 10.8 Å². The number of nitriles is 1. The monoisotopic (exact) mass is 351 g/mol. The summed E-state index contributed by atoms with van der Waals surface area (Å²) in [6.45, 7) is 0. The predicted octanol–water partition coefficient (Wildman–Crippen LogP) is 3.01. The molecule has 5 heteroatoms. The molecule has 2 aliphatic carbocycles. The van der Waals surface area contributed by atoms with Gasteiger partial charge >= 0.3 is 22.7 Å². The largest absolute Gasteiger partial charge is 2.00 e. The van der Waals surface area contributed by atoms with Crippen LogP contribution in [0.4, 0.5) is 0 Å². The van der Waals surface area contributed by atoms with E-state index in [4.69, 9.17) is 9.68 Å². The topological polar surface area (TPSA) is 54.0 Å². The van der Waals surface area contributed by atoms with E-state index in [2.05, 4.69) is 0 Å². The molecule has 0 amide bonds. The standard InChI is InChI=1S/C12H8NO2S.C5H5.Fe/c1-16-11-6-10(8-4-2-3-5-8)15-12(14)9(11)7-13;1-2-4-5-3-1;/h2-6H,1H3;1-5H;/q;;+2. The molecule has 2 fully saturated rings. The van der Waals surface area contributed by atoms with Crippen molar-refractivity contribution in [1.29, 1.82) is 5.26 Å². The number of rotatable bonds is 2. The first kappa shape index (κ1) is 19.4. The summed E-state index contributed by atoms with van der Waals surface area (Å²) in [6.07, 6.45) is 19.3. The van der Waals surface area contributed by atoms with Gasteiger partial charge in [-0.1, -0.05) is 0 Å². The molecule has 0 saturated heterocycles. The van der Waals surface area contributed by atoms with E-state index in [-0.39, 0.29) is 22.6 Å². The van der Waals surface area contributed by atoms with E-state index in [0.29, 0.717) is 10.7 Å². The third kappa shape index (κ3) is 5.19. The van der Waals surface area contributed by atoms with Gasteiger partial charge in [-0.2, -0.15) is 5.26 Å². The molecule has 3 nitrogen and oxygen atoms in total. The molecular formula is C17H13FeNO2S+2. The second-order valence-corrected chi connectivity index (χ2v) is 4.94. The van der Waals surface area contributed by atoms with Crippen LogP contribution in [0.1, 0.15) is 11.3 Å². The van der Waals surface area contributed by atoms with Gasteiger partial charge in [-0.05, 0) is 70.1 Å². The molecule has 10 radical (unpaired) electrons. The molecule has 1 heterocycles. The summed E-state index contributed by atoms with van der Waals surface area (Å²) in [4.78, 5) is 12.2. The molecular weight excluding hydrogens is 338 g/mol. The summed E-state index contributed by atoms with van der Waals surface area (Å²) >= 11 is 1.36. The van der Waals surface area contributed by atoms with Crippen LogP contribution in [0.3, 0.4) is 0 Å². The first-order valence-electron chi connectivity index (χ1n) is 6.27. The van der Waals surface area contributed by atoms with Crippen molar-refractivity contribution in [3.8, 4) is 6.07 Å². The average Bonchev–Trinajstić information content (AvgIpc) is 3.21. The first-order chi connectivity index (χ1) is 10.3. The van der Waals surface area contributed by atoms with Crippen molar-refractivity contribution in [2.24, 2.45) is 0 Å². The maximum absolute atomic E-state index is 11.5. The fraction of sp³-hybridized carbons (Fsp3) is 0.0588. The molecule has 0 N–H and O–H groups in total. The van der Waals surface area contributed by atoms with Crippen molar-refractivity contribution in [2.45, 2.75) is 4.90 Å². The van der Waals surface area contributed by atoms with Crippen molar-refractivity contribution in [3.05, 3.63) is 91.5 Å². The Balaban J connectivity index is 0.000000344. The first-order valence-corrected chi connectivity index (χ1v) is 7.49. The molecule has 3 rings (SSSR count). The SMILES string of the molecule is CSc1cc([C]2[CH][CH][CH][CH]2)oc(=O)c1C#N.[CH]1[CH][CH][CH][CH]1.[Fe+2]. The Morgan fingerprint density at radius 1 is 1.05 bits per heavy atom. The number of hydrogen-bond donors (Lipinski definition) is 0. The second-order valence-electron chi connectivity index (χ2n) is 4.09. The summed E-state index contributed by atoms with van der Waals surface area (Å²) in [6, 6.07) is 3.58. The Bertz CT molecular complexity index is 547. The fourth-order valence-electron chi connectivity index (χ4n) is 1.74. The minimum atomic E-state index is -0.578. The zero-order chi connectivity index (χ0) is 15.1. The molecule has 1 aromatic heterocycles. The van der Waals surface area contributed by atoms with Crippen molar-refractivity contribution >= 4 is 11.8 Å². The second kappa shape index (κ2) is 10.2. The van der Waals surface area contributed by atoms with Gasteiger partial charge in [0.05, 0.1) is 0 Å². The van der Waals surface area contributed by atoms with Crippen LogP contribution >= 0.6 is 11.8 Å². The van der Waals surface area contributed by atoms with Crippen LogP contribution in [0.15, 0.2) is 20.2 Å². The number of nitrogens with zero attached hydrogens (tertiary/aromatic N) is 1. The predicted molar refractivity (Wildman–Crippen MR) is 82.5 cm³/mol. The normalized spacial score (nSPS) is 17.3. The molecule has 0 aromatic carbocycles. The third-order valence-electron chi connectivity index (χ3n) is 2.75. The molecule has 1 aromatic rings. The van der Waals surface area contributed by atoms with E-state index >= 15 is 0 Å². The van der Waals surface area contributed by atoms with Crippen LogP contribution < -0.4 is 5.63 Å². The molecule has 0 unspecified atom stereocenters. The van der Waals surface area contributed by atoms with Crippen LogP contribution in [-0.4, -0.2) is 6.26 Å². The smallest absolute Gasteiger partial charge is 0.426 e. The van der Waals surface area contributed by atoms with E-state index in [0.717, 1.165) is 5.92 Å². The van der Waals surface area contributed by atoms with Crippen molar-refractivity contribution in [1.82, 2.24) is 0 Å². The zero-order valence-corrected chi connectivity index (χ0v) is 13.7. The Morgan fingerprint density at radius 3 is 2.05 bits per heavy atom. The van der Waals surface area contributed by atoms with E-state index < -0.39 is 5.63 Å². The minimum Gasteiger partial charge on any atom is -0.426 e. The Kier molecular flexibility index (Phi) is 8.93. The van der Waals surface area contributed by atoms with E-state index in [1.807, 2.05) is 70.1 Å². The maximum Gasteiger partial charge on any atom is 2.00 e. The van der Waals surface area contributed by atoms with E-state index in [1.165, 1.54) is 11.8 Å². The van der Waals surface area contributed by atoms with Crippen molar-refractivity contribution < 1.29 is 21.5 Å². The van der Waals surface area contributed by atoms with Crippen LogP contribution in [0.5, 0.6) is 0 Å². The molecule has 0 atom stereocenters. The quantitative estimate of drug-likeness (QED) is 0.607. The van der Waals surface area contributed by atoms with E-state index in [9.17, 15) is 4.79 Å². The van der Waals surface area contributed by atoms with Gasteiger partial charge < -0.3 is 4.42 Å². The molecule has 22 heavy (non-hydrogen) atoms. The van der Waals surface area contributed by atoms with Crippen LogP contribution in [0.25, 0.3) is 0 Å². The number of thioether (sulfide) groups is 1. The summed E-state index contributed by atoms with van der Waals surface area (Å²) in [5.41, 5.74) is -0.506. The van der Waals surface area contributed by atoms with Gasteiger partial charge in [0.15, 0.2) is 5.56 Å². The minimum absolute atomic E-state index is 0. The van der Waals surface area contributed by atoms with Crippen LogP contribution in [0.2, 0.25) is 0 Å². The van der Waals surface area contributed by atoms with Gasteiger partial charge in [0.1, 0.15) is 11.8 Å². The third-order valence-corrected chi connectivity index (χ3v) is 3.51. The van der Waals surface area contributed by atoms with Crippen LogP contribution in [-0.2, 0) is 17.1 Å². The summed E-state index contributed by atoms with van der Waals surface area (Å²) < 4.78 is 5.09. The summed E-state index contributed by atoms with van der Waals surface area (Å²) in [5, 5.41) is 8.83. The molecule has 0 bridgehead atoms. The van der Waals surface area contributed by atoms with Crippen LogP contribution in [0, 0.1) is 75.0 Å². The molecule has 0 spiro atoms. The average molecular weight is 351 g/mol. The van der Waals surface area contributed by atoms with Gasteiger partial charge in [-0.25, -0.2) is 4.79 Å². The molecule has 0 aliphatic heterocycles. The molecule has 2 saturated carbocycles. The Hall–Kier alpha value is -0.691. The molecule has 110 valence electrons. The maximum atomic E-state index is 11.5. The van der Waals surface area contributed by atoms with Gasteiger partial charge in [-0.3, -0.25) is 0 Å². The van der Waals surface area contributed by atoms with Gasteiger partial charge in [-0.15, -0.1) is 11.8 Å². The molecule has 2 aliphatic rings. The van der Waals surface area contributed by atoms with E-state index in [1.54, 1.807) is 6.07 Å². The number of hydrogen-bond acceptors (Lipinski definition) is 4. The summed E-state index contributed by atoms with van der Waals surface area (Å²) in [5.74, 6) is 1.34. The van der Waals surface area contributed by atoms with Gasteiger partial charge in [0.2, 0.25) is 0 Å². The van der Waals surface area contributed by atoms with Crippen molar-refractivity contribution in [3.63, 3.8) is 0 Å². The van der Waals surface area contributed by atoms with Crippen molar-refractivity contribution in [2.75, 3.05) is 6.26 Å². The Morgan fingerprint density at radius 2 is 1.59 bits per heavy atom. The summed E-state index contributed by atoms with van der Waals surface area (Å²) in [7, 11) is 0.